The lowest BCUT2D eigenvalue weighted by Gasteiger charge is -2.28. The molecule has 2 aliphatic heterocycles. The van der Waals surface area contributed by atoms with E-state index in [9.17, 15) is 28.0 Å². The van der Waals surface area contributed by atoms with Gasteiger partial charge in [0, 0.05) is 25.6 Å². The van der Waals surface area contributed by atoms with Gasteiger partial charge in [0.1, 0.15) is 6.04 Å². The minimum Gasteiger partial charge on any atom is -0.347 e. The normalized spacial score (nSPS) is 25.9. The third-order valence-corrected chi connectivity index (χ3v) is 5.24. The van der Waals surface area contributed by atoms with Gasteiger partial charge in [-0.05, 0) is 32.2 Å². The van der Waals surface area contributed by atoms with Crippen molar-refractivity contribution in [2.45, 2.75) is 64.5 Å². The van der Waals surface area contributed by atoms with Crippen molar-refractivity contribution in [3.8, 4) is 0 Å². The molecule has 158 valence electrons. The third-order valence-electron chi connectivity index (χ3n) is 5.24. The van der Waals surface area contributed by atoms with Crippen molar-refractivity contribution >= 4 is 23.5 Å². The second-order valence-electron chi connectivity index (χ2n) is 7.20. The molecule has 2 fully saturated rings. The number of nitrogens with zero attached hydrogens (tertiary/aromatic N) is 1. The van der Waals surface area contributed by atoms with Gasteiger partial charge in [-0.3, -0.25) is 19.2 Å². The molecule has 28 heavy (non-hydrogen) atoms. The summed E-state index contributed by atoms with van der Waals surface area (Å²) in [6.45, 7) is 2.69. The smallest absolute Gasteiger partial charge is 0.294 e. The highest BCUT2D eigenvalue weighted by atomic mass is 19.3. The molecule has 3 amide bonds. The molecule has 2 saturated heterocycles. The summed E-state index contributed by atoms with van der Waals surface area (Å²) in [5.74, 6) is -3.31. The Morgan fingerprint density at radius 1 is 1.21 bits per heavy atom. The number of ketones is 1. The van der Waals surface area contributed by atoms with Crippen LogP contribution in [0.1, 0.15) is 33.6 Å². The van der Waals surface area contributed by atoms with Crippen LogP contribution in [0.5, 0.6) is 0 Å². The van der Waals surface area contributed by atoms with Crippen LogP contribution in [0.15, 0.2) is 0 Å². The minimum absolute atomic E-state index is 0.0746. The largest absolute Gasteiger partial charge is 0.347 e. The van der Waals surface area contributed by atoms with E-state index in [0.29, 0.717) is 19.5 Å². The second kappa shape index (κ2) is 9.37. The summed E-state index contributed by atoms with van der Waals surface area (Å²) in [5, 5.41) is 9.33. The lowest BCUT2D eigenvalue weighted by Crippen LogP contribution is -2.62. The number of Topliss-reactive ketones (excluding diaryl/α,β-unsaturated/α-hetero) is 1. The van der Waals surface area contributed by atoms with Crippen LogP contribution in [0.25, 0.3) is 0 Å². The average molecular weight is 403 g/mol. The fourth-order valence-corrected chi connectivity index (χ4v) is 3.61. The first-order valence-corrected chi connectivity index (χ1v) is 9.35. The van der Waals surface area contributed by atoms with E-state index in [1.165, 1.54) is 11.8 Å². The quantitative estimate of drug-likeness (QED) is 0.233. The SMILES string of the molecule is CC[C@H](C)NC(=O)C(=O)C(NC(=O)C1[C@H]2NCC[C@H]2CN1C(C)=O)NC(F)F. The summed E-state index contributed by atoms with van der Waals surface area (Å²) < 4.78 is 25.7. The number of fused-ring (bicyclic) bond motifs is 1. The van der Waals surface area contributed by atoms with E-state index >= 15 is 0 Å². The van der Waals surface area contributed by atoms with Crippen molar-refractivity contribution < 1.29 is 28.0 Å². The molecule has 0 spiro atoms. The number of nitrogens with one attached hydrogen (secondary N) is 4. The lowest BCUT2D eigenvalue weighted by molar-refractivity contribution is -0.143. The maximum atomic E-state index is 12.9. The molecule has 4 N–H and O–H groups in total. The van der Waals surface area contributed by atoms with Gasteiger partial charge in [0.15, 0.2) is 6.17 Å². The van der Waals surface area contributed by atoms with Gasteiger partial charge in [0.2, 0.25) is 11.8 Å². The highest BCUT2D eigenvalue weighted by Gasteiger charge is 2.49. The van der Waals surface area contributed by atoms with Crippen LogP contribution in [0.4, 0.5) is 8.78 Å². The molecule has 2 unspecified atom stereocenters. The van der Waals surface area contributed by atoms with Crippen LogP contribution in [-0.4, -0.2) is 72.3 Å². The number of likely N-dealkylation sites (tertiary alicyclic amines) is 1. The molecular weight excluding hydrogens is 376 g/mol. The van der Waals surface area contributed by atoms with E-state index in [-0.39, 0.29) is 23.9 Å². The molecule has 0 aromatic rings. The number of carbonyl (C=O) groups excluding carboxylic acids is 4. The first-order valence-electron chi connectivity index (χ1n) is 9.35. The standard InChI is InChI=1S/C17H27F2N5O4/c1-4-8(2)21-16(28)13(26)14(23-17(18)19)22-15(27)12-11-10(5-6-20-11)7-24(12)9(3)25/h8,10-12,14,17,20,23H,4-7H2,1-3H3,(H,21,28)(H,22,27)/t8-,10-,11-,12?,14?/m0/s1. The van der Waals surface area contributed by atoms with Gasteiger partial charge < -0.3 is 20.9 Å². The summed E-state index contributed by atoms with van der Waals surface area (Å²) in [6, 6.07) is -1.58. The van der Waals surface area contributed by atoms with Crippen molar-refractivity contribution in [1.82, 2.24) is 26.2 Å². The Labute approximate surface area is 162 Å². The second-order valence-corrected chi connectivity index (χ2v) is 7.20. The van der Waals surface area contributed by atoms with E-state index in [0.717, 1.165) is 6.42 Å². The summed E-state index contributed by atoms with van der Waals surface area (Å²) in [6.07, 6.45) is -0.568. The van der Waals surface area contributed by atoms with Crippen LogP contribution in [-0.2, 0) is 19.2 Å². The van der Waals surface area contributed by atoms with Crippen molar-refractivity contribution in [3.05, 3.63) is 0 Å². The number of carbonyl (C=O) groups is 4. The zero-order valence-electron chi connectivity index (χ0n) is 16.1. The fourth-order valence-electron chi connectivity index (χ4n) is 3.61. The zero-order valence-corrected chi connectivity index (χ0v) is 16.1. The number of rotatable bonds is 8. The van der Waals surface area contributed by atoms with Gasteiger partial charge in [-0.1, -0.05) is 6.92 Å². The van der Waals surface area contributed by atoms with Crippen LogP contribution >= 0.6 is 0 Å². The number of hydrogen-bond acceptors (Lipinski definition) is 6. The van der Waals surface area contributed by atoms with Gasteiger partial charge in [0.25, 0.3) is 18.2 Å². The molecule has 0 bridgehead atoms. The number of amides is 3. The van der Waals surface area contributed by atoms with Crippen molar-refractivity contribution in [1.29, 1.82) is 0 Å². The van der Waals surface area contributed by atoms with E-state index in [4.69, 9.17) is 0 Å². The molecule has 0 aliphatic carbocycles. The van der Waals surface area contributed by atoms with Crippen molar-refractivity contribution in [2.24, 2.45) is 5.92 Å². The van der Waals surface area contributed by atoms with Gasteiger partial charge in [0.05, 0.1) is 0 Å². The third kappa shape index (κ3) is 5.02. The predicted octanol–water partition coefficient (Wildman–Crippen LogP) is -1.07. The molecule has 11 heteroatoms. The Balaban J connectivity index is 2.14. The van der Waals surface area contributed by atoms with Crippen LogP contribution < -0.4 is 21.3 Å². The van der Waals surface area contributed by atoms with E-state index in [1.54, 1.807) is 19.2 Å². The Hall–Kier alpha value is -2.14. The van der Waals surface area contributed by atoms with Crippen LogP contribution in [0, 0.1) is 5.92 Å². The van der Waals surface area contributed by atoms with Crippen LogP contribution in [0.3, 0.4) is 0 Å². The average Bonchev–Trinajstić information content (AvgIpc) is 3.20. The Morgan fingerprint density at radius 3 is 2.46 bits per heavy atom. The molecule has 2 heterocycles. The molecule has 5 atom stereocenters. The minimum atomic E-state index is -3.13. The topological polar surface area (TPSA) is 120 Å². The molecule has 0 aromatic heterocycles. The zero-order chi connectivity index (χ0) is 21.0. The van der Waals surface area contributed by atoms with Crippen LogP contribution in [0.2, 0.25) is 0 Å². The maximum Gasteiger partial charge on any atom is 0.294 e. The predicted molar refractivity (Wildman–Crippen MR) is 95.0 cm³/mol. The van der Waals surface area contributed by atoms with E-state index < -0.39 is 36.4 Å². The number of halogens is 2. The highest BCUT2D eigenvalue weighted by molar-refractivity contribution is 6.38. The molecule has 0 saturated carbocycles. The summed E-state index contributed by atoms with van der Waals surface area (Å²) >= 11 is 0. The summed E-state index contributed by atoms with van der Waals surface area (Å²) in [7, 11) is 0. The van der Waals surface area contributed by atoms with Crippen molar-refractivity contribution in [3.63, 3.8) is 0 Å². The van der Waals surface area contributed by atoms with Gasteiger partial charge in [-0.2, -0.15) is 8.78 Å². The Kier molecular flexibility index (Phi) is 7.41. The van der Waals surface area contributed by atoms with Gasteiger partial charge in [-0.15, -0.1) is 0 Å². The molecule has 0 aromatic carbocycles. The monoisotopic (exact) mass is 403 g/mol. The first kappa shape index (κ1) is 22.2. The number of alkyl halides is 2. The van der Waals surface area contributed by atoms with Gasteiger partial charge >= 0.3 is 0 Å². The molecule has 2 aliphatic rings. The first-order chi connectivity index (χ1) is 13.1. The Morgan fingerprint density at radius 2 is 1.89 bits per heavy atom. The van der Waals surface area contributed by atoms with Crippen molar-refractivity contribution in [2.75, 3.05) is 13.1 Å². The van der Waals surface area contributed by atoms with Gasteiger partial charge in [-0.25, -0.2) is 5.32 Å². The van der Waals surface area contributed by atoms with E-state index in [1.807, 2.05) is 0 Å². The number of hydrogen-bond donors (Lipinski definition) is 4. The lowest BCUT2D eigenvalue weighted by atomic mass is 10.00. The highest BCUT2D eigenvalue weighted by Crippen LogP contribution is 2.30. The summed E-state index contributed by atoms with van der Waals surface area (Å²) in [5.41, 5.74) is 0. The maximum absolute atomic E-state index is 12.9. The molecule has 9 nitrogen and oxygen atoms in total. The molecular formula is C17H27F2N5O4. The Bertz CT molecular complexity index is 633. The summed E-state index contributed by atoms with van der Waals surface area (Å²) in [4.78, 5) is 50.4. The molecule has 2 rings (SSSR count). The van der Waals surface area contributed by atoms with E-state index in [2.05, 4.69) is 16.0 Å². The fraction of sp³-hybridized carbons (Fsp3) is 0.765. The molecule has 0 radical (unpaired) electrons.